The van der Waals surface area contributed by atoms with Gasteiger partial charge in [-0.25, -0.2) is 0 Å². The molecule has 0 radical (unpaired) electrons. The molecule has 0 saturated heterocycles. The van der Waals surface area contributed by atoms with Crippen molar-refractivity contribution in [1.29, 1.82) is 0 Å². The number of esters is 2. The molecule has 2 aromatic rings. The van der Waals surface area contributed by atoms with E-state index >= 15 is 0 Å². The van der Waals surface area contributed by atoms with Gasteiger partial charge in [-0.1, -0.05) is 52.0 Å². The number of benzene rings is 2. The van der Waals surface area contributed by atoms with E-state index in [1.807, 2.05) is 0 Å². The van der Waals surface area contributed by atoms with Crippen molar-refractivity contribution in [2.24, 2.45) is 11.8 Å². The molecule has 1 saturated carbocycles. The van der Waals surface area contributed by atoms with Crippen LogP contribution >= 0.6 is 0 Å². The summed E-state index contributed by atoms with van der Waals surface area (Å²) in [5, 5.41) is 0. The van der Waals surface area contributed by atoms with E-state index in [9.17, 15) is 9.59 Å². The van der Waals surface area contributed by atoms with E-state index in [0.29, 0.717) is 0 Å². The second-order valence-electron chi connectivity index (χ2n) is 8.71. The molecule has 5 rings (SSSR count). The molecule has 2 heterocycles. The van der Waals surface area contributed by atoms with Crippen molar-refractivity contribution in [3.05, 3.63) is 57.6 Å². The number of ether oxygens (including phenoxy) is 2. The number of rotatable bonds is 4. The Morgan fingerprint density at radius 1 is 0.600 bits per heavy atom. The van der Waals surface area contributed by atoms with Crippen LogP contribution in [0.3, 0.4) is 0 Å². The third kappa shape index (κ3) is 2.52. The largest absolute Gasteiger partial charge is 0.426 e. The van der Waals surface area contributed by atoms with Crippen LogP contribution in [0.2, 0.25) is 0 Å². The Labute approximate surface area is 177 Å². The van der Waals surface area contributed by atoms with E-state index in [1.54, 1.807) is 0 Å². The fourth-order valence-electron chi connectivity index (χ4n) is 5.69. The van der Waals surface area contributed by atoms with Gasteiger partial charge < -0.3 is 9.47 Å². The molecule has 2 aromatic carbocycles. The van der Waals surface area contributed by atoms with E-state index in [1.165, 1.54) is 11.1 Å². The Bertz CT molecular complexity index is 982. The van der Waals surface area contributed by atoms with Gasteiger partial charge in [0.25, 0.3) is 0 Å². The van der Waals surface area contributed by atoms with Gasteiger partial charge in [-0.2, -0.15) is 0 Å². The van der Waals surface area contributed by atoms with Gasteiger partial charge in [-0.05, 0) is 47.9 Å². The molecule has 4 atom stereocenters. The normalized spacial score (nSPS) is 25.9. The van der Waals surface area contributed by atoms with Gasteiger partial charge >= 0.3 is 11.9 Å². The fraction of sp³-hybridized carbons (Fsp3) is 0.462. The number of hydrogen-bond donors (Lipinski definition) is 0. The molecule has 0 spiro atoms. The lowest BCUT2D eigenvalue weighted by Gasteiger charge is -2.54. The Morgan fingerprint density at radius 2 is 1.00 bits per heavy atom. The molecule has 156 valence electrons. The molecule has 4 heteroatoms. The highest BCUT2D eigenvalue weighted by Gasteiger charge is 2.64. The number of fused-ring (bicyclic) bond motifs is 8. The summed E-state index contributed by atoms with van der Waals surface area (Å²) in [4.78, 5) is 25.9. The van der Waals surface area contributed by atoms with Crippen LogP contribution in [-0.4, -0.2) is 11.9 Å². The summed E-state index contributed by atoms with van der Waals surface area (Å²) >= 11 is 0. The predicted octanol–water partition coefficient (Wildman–Crippen LogP) is 4.89. The smallest absolute Gasteiger partial charge is 0.315 e. The van der Waals surface area contributed by atoms with Crippen molar-refractivity contribution in [3.63, 3.8) is 0 Å². The van der Waals surface area contributed by atoms with Crippen molar-refractivity contribution in [2.75, 3.05) is 0 Å². The first-order chi connectivity index (χ1) is 14.5. The molecular weight excluding hydrogens is 376 g/mol. The third-order valence-electron chi connectivity index (χ3n) is 7.30. The quantitative estimate of drug-likeness (QED) is 0.538. The highest BCUT2D eigenvalue weighted by atomic mass is 16.5. The Morgan fingerprint density at radius 3 is 1.33 bits per heavy atom. The molecule has 0 N–H and O–H groups in total. The van der Waals surface area contributed by atoms with Crippen LogP contribution in [0.1, 0.15) is 72.9 Å². The van der Waals surface area contributed by atoms with Gasteiger partial charge in [-0.3, -0.25) is 9.59 Å². The SMILES string of the molecule is CCc1cc(CC)c2c(c1)[C@@H]1[C@H](C(=O)O2)[C@H]2C(=O)Oc3c(CC)cc(CC)cc3[C@H]21. The summed E-state index contributed by atoms with van der Waals surface area (Å²) in [5.41, 5.74) is 6.85. The van der Waals surface area contributed by atoms with Gasteiger partial charge in [0.15, 0.2) is 0 Å². The van der Waals surface area contributed by atoms with E-state index < -0.39 is 11.8 Å². The summed E-state index contributed by atoms with van der Waals surface area (Å²) in [6, 6.07) is 8.68. The first-order valence-electron chi connectivity index (χ1n) is 11.3. The highest BCUT2D eigenvalue weighted by Crippen LogP contribution is 2.65. The van der Waals surface area contributed by atoms with Crippen molar-refractivity contribution in [2.45, 2.75) is 65.2 Å². The molecular formula is C26H28O4. The molecule has 0 bridgehead atoms. The number of hydrogen-bond acceptors (Lipinski definition) is 4. The average molecular weight is 405 g/mol. The monoisotopic (exact) mass is 404 g/mol. The minimum absolute atomic E-state index is 0.0218. The van der Waals surface area contributed by atoms with E-state index in [2.05, 4.69) is 52.0 Å². The van der Waals surface area contributed by atoms with Crippen LogP contribution < -0.4 is 9.47 Å². The van der Waals surface area contributed by atoms with E-state index in [0.717, 1.165) is 59.4 Å². The van der Waals surface area contributed by atoms with E-state index in [4.69, 9.17) is 9.47 Å². The van der Waals surface area contributed by atoms with Gasteiger partial charge in [0.1, 0.15) is 11.5 Å². The first-order valence-corrected chi connectivity index (χ1v) is 11.3. The molecule has 4 nitrogen and oxygen atoms in total. The zero-order valence-corrected chi connectivity index (χ0v) is 18.1. The highest BCUT2D eigenvalue weighted by molar-refractivity contribution is 5.93. The topological polar surface area (TPSA) is 52.6 Å². The van der Waals surface area contributed by atoms with Gasteiger partial charge in [-0.15, -0.1) is 0 Å². The number of aryl methyl sites for hydroxylation is 4. The van der Waals surface area contributed by atoms with Crippen LogP contribution in [0.4, 0.5) is 0 Å². The summed E-state index contributed by atoms with van der Waals surface area (Å²) in [6.45, 7) is 8.47. The molecule has 0 amide bonds. The lowest BCUT2D eigenvalue weighted by atomic mass is 9.50. The summed E-state index contributed by atoms with van der Waals surface area (Å²) in [5.74, 6) is -0.0565. The molecule has 1 aliphatic carbocycles. The second-order valence-corrected chi connectivity index (χ2v) is 8.71. The van der Waals surface area contributed by atoms with Crippen molar-refractivity contribution >= 4 is 11.9 Å². The Balaban J connectivity index is 1.72. The maximum atomic E-state index is 13.0. The summed E-state index contributed by atoms with van der Waals surface area (Å²) in [6.07, 6.45) is 3.48. The summed E-state index contributed by atoms with van der Waals surface area (Å²) < 4.78 is 11.6. The molecule has 3 aliphatic rings. The average Bonchev–Trinajstić information content (AvgIpc) is 2.73. The van der Waals surface area contributed by atoms with Crippen LogP contribution in [0.5, 0.6) is 11.5 Å². The first kappa shape index (κ1) is 19.3. The van der Waals surface area contributed by atoms with Crippen molar-refractivity contribution < 1.29 is 19.1 Å². The van der Waals surface area contributed by atoms with Crippen LogP contribution in [0.25, 0.3) is 0 Å². The van der Waals surface area contributed by atoms with Gasteiger partial charge in [0, 0.05) is 23.0 Å². The van der Waals surface area contributed by atoms with Crippen molar-refractivity contribution in [3.8, 4) is 11.5 Å². The lowest BCUT2D eigenvalue weighted by molar-refractivity contribution is -0.165. The third-order valence-corrected chi connectivity index (χ3v) is 7.30. The van der Waals surface area contributed by atoms with E-state index in [-0.39, 0.29) is 23.8 Å². The summed E-state index contributed by atoms with van der Waals surface area (Å²) in [7, 11) is 0. The van der Waals surface area contributed by atoms with Crippen LogP contribution in [-0.2, 0) is 35.3 Å². The van der Waals surface area contributed by atoms with Gasteiger partial charge in [0.05, 0.1) is 11.8 Å². The van der Waals surface area contributed by atoms with Crippen molar-refractivity contribution in [1.82, 2.24) is 0 Å². The predicted molar refractivity (Wildman–Crippen MR) is 114 cm³/mol. The van der Waals surface area contributed by atoms with Crippen LogP contribution in [0.15, 0.2) is 24.3 Å². The minimum atomic E-state index is -0.449. The standard InChI is InChI=1S/C26H28O4/c1-5-13-9-15(7-3)23-17(11-13)19-20-18-12-14(6-2)10-16(8-4)24(18)30-26(28)22(20)21(19)25(27)29-23/h9-12,19-22H,5-8H2,1-4H3/t19-,20-,21-,22-/m0/s1. The maximum Gasteiger partial charge on any atom is 0.315 e. The zero-order chi connectivity index (χ0) is 21.2. The molecule has 2 aliphatic heterocycles. The molecule has 30 heavy (non-hydrogen) atoms. The number of carbonyl (C=O) groups is 2. The number of carbonyl (C=O) groups excluding carboxylic acids is 2. The van der Waals surface area contributed by atoms with Crippen LogP contribution in [0, 0.1) is 11.8 Å². The molecule has 1 fully saturated rings. The lowest BCUT2D eigenvalue weighted by Crippen LogP contribution is -2.57. The molecule has 0 aromatic heterocycles. The Kier molecular flexibility index (Phi) is 4.49. The zero-order valence-electron chi connectivity index (χ0n) is 18.1. The maximum absolute atomic E-state index is 13.0. The second kappa shape index (κ2) is 6.97. The Hall–Kier alpha value is -2.62. The molecule has 0 unspecified atom stereocenters. The minimum Gasteiger partial charge on any atom is -0.426 e. The van der Waals surface area contributed by atoms with Gasteiger partial charge in [0.2, 0.25) is 0 Å². The fourth-order valence-corrected chi connectivity index (χ4v) is 5.69.